The first-order valence-corrected chi connectivity index (χ1v) is 6.31. The van der Waals surface area contributed by atoms with E-state index in [2.05, 4.69) is 0 Å². The normalized spacial score (nSPS) is 19.9. The van der Waals surface area contributed by atoms with Gasteiger partial charge in [0.15, 0.2) is 0 Å². The average molecular weight is 240 g/mol. The first-order chi connectivity index (χ1) is 8.16. The average Bonchev–Trinajstić information content (AvgIpc) is 2.55. The lowest BCUT2D eigenvalue weighted by molar-refractivity contribution is 0.0981. The quantitative estimate of drug-likeness (QED) is 0.775. The van der Waals surface area contributed by atoms with Gasteiger partial charge in [-0.1, -0.05) is 25.7 Å². The van der Waals surface area contributed by atoms with E-state index in [4.69, 9.17) is 0 Å². The van der Waals surface area contributed by atoms with Crippen molar-refractivity contribution in [3.8, 4) is 0 Å². The molecule has 1 unspecified atom stereocenters. The van der Waals surface area contributed by atoms with Gasteiger partial charge in [0.2, 0.25) is 0 Å². The molecule has 1 N–H and O–H groups in total. The van der Waals surface area contributed by atoms with Crippen LogP contribution in [-0.4, -0.2) is 5.11 Å². The van der Waals surface area contributed by atoms with Gasteiger partial charge in [-0.25, -0.2) is 8.78 Å². The number of benzene rings is 1. The molecule has 17 heavy (non-hydrogen) atoms. The number of halogens is 2. The highest BCUT2D eigenvalue weighted by atomic mass is 19.1. The molecule has 1 aromatic carbocycles. The molecular weight excluding hydrogens is 222 g/mol. The summed E-state index contributed by atoms with van der Waals surface area (Å²) in [6, 6.07) is 3.31. The highest BCUT2D eigenvalue weighted by Gasteiger charge is 2.22. The molecule has 94 valence electrons. The van der Waals surface area contributed by atoms with E-state index in [1.807, 2.05) is 0 Å². The summed E-state index contributed by atoms with van der Waals surface area (Å²) in [6.07, 6.45) is 5.73. The summed E-state index contributed by atoms with van der Waals surface area (Å²) in [7, 11) is 0. The molecule has 1 aromatic rings. The summed E-state index contributed by atoms with van der Waals surface area (Å²) in [6.45, 7) is 0. The van der Waals surface area contributed by atoms with E-state index >= 15 is 0 Å². The molecule has 1 fully saturated rings. The Bertz CT molecular complexity index is 350. The van der Waals surface area contributed by atoms with Gasteiger partial charge in [-0.05, 0) is 36.5 Å². The molecule has 0 bridgehead atoms. The number of hydrogen-bond donors (Lipinski definition) is 1. The Morgan fingerprint density at radius 2 is 1.47 bits per heavy atom. The Morgan fingerprint density at radius 1 is 0.941 bits per heavy atom. The Kier molecular flexibility index (Phi) is 4.11. The summed E-state index contributed by atoms with van der Waals surface area (Å²) in [5.41, 5.74) is 0.370. The number of rotatable bonds is 2. The predicted molar refractivity (Wildman–Crippen MR) is 62.5 cm³/mol. The lowest BCUT2D eigenvalue weighted by Gasteiger charge is -2.21. The van der Waals surface area contributed by atoms with Gasteiger partial charge >= 0.3 is 0 Å². The van der Waals surface area contributed by atoms with Crippen LogP contribution in [0.3, 0.4) is 0 Å². The van der Waals surface area contributed by atoms with Crippen LogP contribution >= 0.6 is 0 Å². The minimum Gasteiger partial charge on any atom is -0.388 e. The summed E-state index contributed by atoms with van der Waals surface area (Å²) in [5.74, 6) is -1.10. The monoisotopic (exact) mass is 240 g/mol. The molecule has 1 saturated carbocycles. The largest absolute Gasteiger partial charge is 0.388 e. The number of aliphatic hydroxyl groups is 1. The van der Waals surface area contributed by atoms with Gasteiger partial charge in [0, 0.05) is 6.07 Å². The minimum atomic E-state index is -0.738. The third kappa shape index (κ3) is 3.25. The topological polar surface area (TPSA) is 20.2 Å². The first-order valence-electron chi connectivity index (χ1n) is 6.31. The van der Waals surface area contributed by atoms with Crippen molar-refractivity contribution in [2.24, 2.45) is 5.92 Å². The second kappa shape index (κ2) is 5.58. The van der Waals surface area contributed by atoms with Gasteiger partial charge in [-0.3, -0.25) is 0 Å². The van der Waals surface area contributed by atoms with Crippen LogP contribution in [0.4, 0.5) is 8.78 Å². The Balaban J connectivity index is 2.14. The molecule has 0 saturated heterocycles. The van der Waals surface area contributed by atoms with Crippen LogP contribution in [0, 0.1) is 17.6 Å². The molecule has 1 nitrogen and oxygen atoms in total. The third-order valence-corrected chi connectivity index (χ3v) is 3.57. The summed E-state index contributed by atoms with van der Waals surface area (Å²) in [5, 5.41) is 10.2. The van der Waals surface area contributed by atoms with Crippen molar-refractivity contribution in [3.05, 3.63) is 35.4 Å². The van der Waals surface area contributed by atoms with Crippen molar-refractivity contribution in [3.63, 3.8) is 0 Å². The van der Waals surface area contributed by atoms with Crippen molar-refractivity contribution in [1.82, 2.24) is 0 Å². The van der Waals surface area contributed by atoms with Crippen molar-refractivity contribution in [2.45, 2.75) is 44.6 Å². The fraction of sp³-hybridized carbons (Fsp3) is 0.571. The zero-order valence-corrected chi connectivity index (χ0v) is 9.83. The maximum atomic E-state index is 13.1. The highest BCUT2D eigenvalue weighted by molar-refractivity contribution is 5.20. The fourth-order valence-electron chi connectivity index (χ4n) is 2.64. The second-order valence-electron chi connectivity index (χ2n) is 4.90. The van der Waals surface area contributed by atoms with Crippen molar-refractivity contribution in [1.29, 1.82) is 0 Å². The maximum absolute atomic E-state index is 13.1. The summed E-state index contributed by atoms with van der Waals surface area (Å²) in [4.78, 5) is 0. The van der Waals surface area contributed by atoms with E-state index in [1.165, 1.54) is 25.0 Å². The van der Waals surface area contributed by atoms with E-state index in [9.17, 15) is 13.9 Å². The lowest BCUT2D eigenvalue weighted by atomic mass is 9.89. The van der Waals surface area contributed by atoms with Gasteiger partial charge < -0.3 is 5.11 Å². The molecule has 3 heteroatoms. The second-order valence-corrected chi connectivity index (χ2v) is 4.90. The smallest absolute Gasteiger partial charge is 0.126 e. The standard InChI is InChI=1S/C14H18F2O/c15-12-7-11(8-13(16)9-12)14(17)10-5-3-1-2-4-6-10/h7-10,14,17H,1-6H2. The van der Waals surface area contributed by atoms with Crippen molar-refractivity contribution < 1.29 is 13.9 Å². The third-order valence-electron chi connectivity index (χ3n) is 3.57. The summed E-state index contributed by atoms with van der Waals surface area (Å²) >= 11 is 0. The van der Waals surface area contributed by atoms with Crippen LogP contribution in [-0.2, 0) is 0 Å². The molecule has 0 aliphatic heterocycles. The predicted octanol–water partition coefficient (Wildman–Crippen LogP) is 3.97. The Labute approximate surface area is 100 Å². The van der Waals surface area contributed by atoms with E-state index in [1.54, 1.807) is 0 Å². The Morgan fingerprint density at radius 3 is 2.00 bits per heavy atom. The number of aliphatic hydroxyl groups excluding tert-OH is 1. The van der Waals surface area contributed by atoms with Gasteiger partial charge in [-0.2, -0.15) is 0 Å². The van der Waals surface area contributed by atoms with Gasteiger partial charge in [0.1, 0.15) is 11.6 Å². The highest BCUT2D eigenvalue weighted by Crippen LogP contribution is 2.33. The molecule has 0 amide bonds. The van der Waals surface area contributed by atoms with Crippen LogP contribution in [0.25, 0.3) is 0 Å². The summed E-state index contributed by atoms with van der Waals surface area (Å²) < 4.78 is 26.2. The van der Waals surface area contributed by atoms with Crippen LogP contribution < -0.4 is 0 Å². The first kappa shape index (κ1) is 12.5. The molecular formula is C14H18F2O. The van der Waals surface area contributed by atoms with Crippen molar-refractivity contribution in [2.75, 3.05) is 0 Å². The molecule has 0 radical (unpaired) electrons. The maximum Gasteiger partial charge on any atom is 0.126 e. The molecule has 1 atom stereocenters. The number of hydrogen-bond acceptors (Lipinski definition) is 1. The fourth-order valence-corrected chi connectivity index (χ4v) is 2.64. The van der Waals surface area contributed by atoms with Crippen LogP contribution in [0.15, 0.2) is 18.2 Å². The molecule has 1 aliphatic carbocycles. The SMILES string of the molecule is OC(c1cc(F)cc(F)c1)C1CCCCCC1. The van der Waals surface area contributed by atoms with Crippen molar-refractivity contribution >= 4 is 0 Å². The minimum absolute atomic E-state index is 0.138. The van der Waals surface area contributed by atoms with Crippen LogP contribution in [0.2, 0.25) is 0 Å². The molecule has 2 rings (SSSR count). The zero-order valence-electron chi connectivity index (χ0n) is 9.83. The van der Waals surface area contributed by atoms with E-state index in [0.29, 0.717) is 5.56 Å². The van der Waals surface area contributed by atoms with E-state index < -0.39 is 17.7 Å². The van der Waals surface area contributed by atoms with E-state index in [0.717, 1.165) is 31.7 Å². The molecule has 0 spiro atoms. The molecule has 1 aliphatic rings. The van der Waals surface area contributed by atoms with Gasteiger partial charge in [-0.15, -0.1) is 0 Å². The molecule has 0 heterocycles. The van der Waals surface area contributed by atoms with Crippen LogP contribution in [0.5, 0.6) is 0 Å². The van der Waals surface area contributed by atoms with Gasteiger partial charge in [0.25, 0.3) is 0 Å². The van der Waals surface area contributed by atoms with Gasteiger partial charge in [0.05, 0.1) is 6.10 Å². The lowest BCUT2D eigenvalue weighted by Crippen LogP contribution is -2.12. The van der Waals surface area contributed by atoms with E-state index in [-0.39, 0.29) is 5.92 Å². The zero-order chi connectivity index (χ0) is 12.3. The Hall–Kier alpha value is -0.960. The van der Waals surface area contributed by atoms with Crippen LogP contribution in [0.1, 0.15) is 50.2 Å². The molecule has 0 aromatic heterocycles.